The molecule has 1 saturated heterocycles. The van der Waals surface area contributed by atoms with Gasteiger partial charge in [-0.05, 0) is 51.5 Å². The Morgan fingerprint density at radius 2 is 1.92 bits per heavy atom. The fourth-order valence-corrected chi connectivity index (χ4v) is 1.69. The summed E-state index contributed by atoms with van der Waals surface area (Å²) in [5.41, 5.74) is 0. The van der Waals surface area contributed by atoms with E-state index in [-0.39, 0.29) is 4.75 Å². The molecule has 0 radical (unpaired) electrons. The molecule has 2 nitrogen and oxygen atoms in total. The van der Waals surface area contributed by atoms with Crippen molar-refractivity contribution in [1.82, 2.24) is 0 Å². The van der Waals surface area contributed by atoms with Gasteiger partial charge in [0.05, 0.1) is 0 Å². The zero-order chi connectivity index (χ0) is 9.73. The second-order valence-corrected chi connectivity index (χ2v) is 6.03. The Labute approximate surface area is 85.3 Å². The van der Waals surface area contributed by atoms with Gasteiger partial charge in [0.15, 0.2) is 0 Å². The molecule has 1 fully saturated rings. The fourth-order valence-electron chi connectivity index (χ4n) is 1.14. The van der Waals surface area contributed by atoms with E-state index in [0.29, 0.717) is 5.92 Å². The Balaban J connectivity index is 2.22. The molecule has 0 aromatic carbocycles. The van der Waals surface area contributed by atoms with Crippen molar-refractivity contribution in [3.8, 4) is 0 Å². The van der Waals surface area contributed by atoms with Gasteiger partial charge >= 0.3 is 0 Å². The summed E-state index contributed by atoms with van der Waals surface area (Å²) in [5.74, 6) is 0.642. The van der Waals surface area contributed by atoms with E-state index >= 15 is 0 Å². The highest BCUT2D eigenvalue weighted by atomic mass is 32.2. The predicted octanol–water partition coefficient (Wildman–Crippen LogP) is 2.93. The summed E-state index contributed by atoms with van der Waals surface area (Å²) in [6, 6.07) is 0. The lowest BCUT2D eigenvalue weighted by Gasteiger charge is -2.18. The summed E-state index contributed by atoms with van der Waals surface area (Å²) in [6.45, 7) is 8.34. The van der Waals surface area contributed by atoms with E-state index in [1.807, 2.05) is 0 Å². The van der Waals surface area contributed by atoms with Gasteiger partial charge in [-0.2, -0.15) is 0 Å². The maximum absolute atomic E-state index is 5.28. The smallest absolute Gasteiger partial charge is 0.0472 e. The first-order chi connectivity index (χ1) is 6.08. The van der Waals surface area contributed by atoms with Gasteiger partial charge in [-0.25, -0.2) is 4.40 Å². The molecule has 0 aliphatic carbocycles. The minimum absolute atomic E-state index is 0.238. The molecule has 0 saturated carbocycles. The third-order valence-corrected chi connectivity index (χ3v) is 2.64. The molecule has 0 amide bonds. The van der Waals surface area contributed by atoms with E-state index in [1.54, 1.807) is 11.9 Å². The third-order valence-electron chi connectivity index (χ3n) is 1.86. The van der Waals surface area contributed by atoms with Crippen molar-refractivity contribution >= 4 is 18.2 Å². The van der Waals surface area contributed by atoms with Crippen LogP contribution in [0.1, 0.15) is 33.6 Å². The highest BCUT2D eigenvalue weighted by Crippen LogP contribution is 2.24. The Morgan fingerprint density at radius 3 is 2.46 bits per heavy atom. The van der Waals surface area contributed by atoms with Crippen molar-refractivity contribution in [1.29, 1.82) is 0 Å². The molecule has 13 heavy (non-hydrogen) atoms. The Kier molecular flexibility index (Phi) is 4.26. The SMILES string of the molecule is CC(C)(C)SN=CC1CCOCC1. The Bertz CT molecular complexity index is 168. The molecule has 0 bridgehead atoms. The molecule has 0 N–H and O–H groups in total. The van der Waals surface area contributed by atoms with Gasteiger partial charge in [-0.3, -0.25) is 0 Å². The first-order valence-corrected chi connectivity index (χ1v) is 5.65. The summed E-state index contributed by atoms with van der Waals surface area (Å²) >= 11 is 1.66. The fraction of sp³-hybridized carbons (Fsp3) is 0.900. The first kappa shape index (κ1) is 11.1. The van der Waals surface area contributed by atoms with Crippen LogP contribution in [0.2, 0.25) is 0 Å². The number of hydrogen-bond donors (Lipinski definition) is 0. The standard InChI is InChI=1S/C10H19NOS/c1-10(2,3)13-11-8-9-4-6-12-7-5-9/h8-9H,4-7H2,1-3H3. The average Bonchev–Trinajstić information content (AvgIpc) is 2.04. The molecule has 1 rings (SSSR count). The van der Waals surface area contributed by atoms with Crippen LogP contribution in [-0.2, 0) is 4.74 Å². The lowest BCUT2D eigenvalue weighted by molar-refractivity contribution is 0.0839. The molecular formula is C10H19NOS. The van der Waals surface area contributed by atoms with Crippen LogP contribution in [-0.4, -0.2) is 24.2 Å². The molecule has 1 aliphatic heterocycles. The van der Waals surface area contributed by atoms with Gasteiger partial charge in [0, 0.05) is 24.2 Å². The normalized spacial score (nSPS) is 21.2. The lowest BCUT2D eigenvalue weighted by atomic mass is 10.0. The molecule has 0 aromatic heterocycles. The van der Waals surface area contributed by atoms with Gasteiger partial charge in [-0.1, -0.05) is 0 Å². The van der Waals surface area contributed by atoms with Crippen LogP contribution in [0.3, 0.4) is 0 Å². The van der Waals surface area contributed by atoms with Crippen molar-refractivity contribution in [2.45, 2.75) is 38.4 Å². The van der Waals surface area contributed by atoms with Gasteiger partial charge < -0.3 is 4.74 Å². The lowest BCUT2D eigenvalue weighted by Crippen LogP contribution is -2.16. The maximum atomic E-state index is 5.28. The van der Waals surface area contributed by atoms with Crippen molar-refractivity contribution < 1.29 is 4.74 Å². The molecule has 0 unspecified atom stereocenters. The van der Waals surface area contributed by atoms with E-state index in [2.05, 4.69) is 31.4 Å². The van der Waals surface area contributed by atoms with Gasteiger partial charge in [-0.15, -0.1) is 0 Å². The van der Waals surface area contributed by atoms with E-state index in [0.717, 1.165) is 26.1 Å². The Hall–Kier alpha value is -0.0200. The highest BCUT2D eigenvalue weighted by molar-refractivity contribution is 7.99. The topological polar surface area (TPSA) is 21.6 Å². The minimum atomic E-state index is 0.238. The summed E-state index contributed by atoms with van der Waals surface area (Å²) in [5, 5.41) is 0. The van der Waals surface area contributed by atoms with Crippen LogP contribution < -0.4 is 0 Å². The Morgan fingerprint density at radius 1 is 1.31 bits per heavy atom. The summed E-state index contributed by atoms with van der Waals surface area (Å²) in [7, 11) is 0. The van der Waals surface area contributed by atoms with Crippen molar-refractivity contribution in [2.24, 2.45) is 10.3 Å². The van der Waals surface area contributed by atoms with Gasteiger partial charge in [0.25, 0.3) is 0 Å². The molecule has 1 aliphatic rings. The van der Waals surface area contributed by atoms with Crippen LogP contribution in [0.4, 0.5) is 0 Å². The van der Waals surface area contributed by atoms with Crippen LogP contribution in [0, 0.1) is 5.92 Å². The average molecular weight is 201 g/mol. The highest BCUT2D eigenvalue weighted by Gasteiger charge is 2.13. The summed E-state index contributed by atoms with van der Waals surface area (Å²) in [4.78, 5) is 0. The number of ether oxygens (including phenoxy) is 1. The molecule has 0 atom stereocenters. The molecule has 3 heteroatoms. The zero-order valence-corrected chi connectivity index (χ0v) is 9.56. The molecule has 1 heterocycles. The van der Waals surface area contributed by atoms with Crippen molar-refractivity contribution in [3.63, 3.8) is 0 Å². The number of rotatable bonds is 2. The second kappa shape index (κ2) is 5.01. The van der Waals surface area contributed by atoms with Crippen LogP contribution in [0.15, 0.2) is 4.40 Å². The summed E-state index contributed by atoms with van der Waals surface area (Å²) in [6.07, 6.45) is 4.36. The number of hydrogen-bond acceptors (Lipinski definition) is 3. The monoisotopic (exact) mass is 201 g/mol. The quantitative estimate of drug-likeness (QED) is 0.506. The van der Waals surface area contributed by atoms with Crippen LogP contribution in [0.25, 0.3) is 0 Å². The molecule has 0 spiro atoms. The second-order valence-electron chi connectivity index (χ2n) is 4.41. The van der Waals surface area contributed by atoms with Gasteiger partial charge in [0.2, 0.25) is 0 Å². The maximum Gasteiger partial charge on any atom is 0.0472 e. The van der Waals surface area contributed by atoms with Crippen LogP contribution >= 0.6 is 11.9 Å². The predicted molar refractivity (Wildman–Crippen MR) is 59.4 cm³/mol. The zero-order valence-electron chi connectivity index (χ0n) is 8.75. The van der Waals surface area contributed by atoms with Gasteiger partial charge in [0.1, 0.15) is 0 Å². The minimum Gasteiger partial charge on any atom is -0.381 e. The summed E-state index contributed by atoms with van der Waals surface area (Å²) < 4.78 is 9.92. The van der Waals surface area contributed by atoms with Crippen molar-refractivity contribution in [3.05, 3.63) is 0 Å². The first-order valence-electron chi connectivity index (χ1n) is 4.87. The van der Waals surface area contributed by atoms with E-state index in [9.17, 15) is 0 Å². The third kappa shape index (κ3) is 5.32. The van der Waals surface area contributed by atoms with Crippen LogP contribution in [0.5, 0.6) is 0 Å². The van der Waals surface area contributed by atoms with E-state index < -0.39 is 0 Å². The molecular weight excluding hydrogens is 182 g/mol. The molecule has 0 aromatic rings. The van der Waals surface area contributed by atoms with E-state index in [4.69, 9.17) is 4.74 Å². The largest absolute Gasteiger partial charge is 0.381 e. The molecule has 76 valence electrons. The number of nitrogens with zero attached hydrogens (tertiary/aromatic N) is 1. The van der Waals surface area contributed by atoms with Crippen molar-refractivity contribution in [2.75, 3.05) is 13.2 Å². The van der Waals surface area contributed by atoms with E-state index in [1.165, 1.54) is 0 Å².